The maximum atomic E-state index is 12.3. The van der Waals surface area contributed by atoms with Gasteiger partial charge in [-0.05, 0) is 32.9 Å². The molecule has 1 aliphatic rings. The molecule has 1 amide bonds. The monoisotopic (exact) mass is 283 g/mol. The Morgan fingerprint density at radius 2 is 2.42 bits per heavy atom. The van der Waals surface area contributed by atoms with E-state index in [9.17, 15) is 14.9 Å². The number of hydrogen-bond donors (Lipinski definition) is 1. The van der Waals surface area contributed by atoms with E-state index in [1.54, 1.807) is 11.8 Å². The number of likely N-dealkylation sites (tertiary alicyclic amines) is 1. The fourth-order valence-electron chi connectivity index (χ4n) is 2.39. The van der Waals surface area contributed by atoms with E-state index in [4.69, 9.17) is 0 Å². The fourth-order valence-corrected chi connectivity index (χ4v) is 3.34. The van der Waals surface area contributed by atoms with E-state index in [0.717, 1.165) is 26.1 Å². The van der Waals surface area contributed by atoms with Gasteiger partial charge >= 0.3 is 0 Å². The third-order valence-electron chi connectivity index (χ3n) is 3.36. The quantitative estimate of drug-likeness (QED) is 0.673. The van der Waals surface area contributed by atoms with Crippen molar-refractivity contribution in [3.8, 4) is 0 Å². The molecule has 6 nitrogen and oxygen atoms in total. The first kappa shape index (κ1) is 14.0. The Labute approximate surface area is 115 Å². The number of carbonyl (C=O) groups is 1. The molecule has 7 heteroatoms. The fraction of sp³-hybridized carbons (Fsp3) is 0.583. The molecule has 0 radical (unpaired) electrons. The van der Waals surface area contributed by atoms with Gasteiger partial charge in [0, 0.05) is 19.2 Å². The maximum absolute atomic E-state index is 12.3. The van der Waals surface area contributed by atoms with Crippen LogP contribution in [0.1, 0.15) is 21.0 Å². The smallest absolute Gasteiger partial charge is 0.283 e. The standard InChI is InChI=1S/C12H17N3O3S/c1-8-10(15(17)18)5-11(19-8)12(16)14-4-3-9(7-14)6-13-2/h5,9,13H,3-4,6-7H2,1-2H3. The van der Waals surface area contributed by atoms with E-state index in [1.807, 2.05) is 7.05 Å². The molecule has 0 aromatic carbocycles. The lowest BCUT2D eigenvalue weighted by Gasteiger charge is -2.15. The molecule has 0 bridgehead atoms. The second-order valence-electron chi connectivity index (χ2n) is 4.77. The summed E-state index contributed by atoms with van der Waals surface area (Å²) in [6.07, 6.45) is 0.985. The molecule has 1 unspecified atom stereocenters. The van der Waals surface area contributed by atoms with Crippen LogP contribution in [0.15, 0.2) is 6.07 Å². The van der Waals surface area contributed by atoms with Crippen molar-refractivity contribution < 1.29 is 9.72 Å². The first-order valence-corrected chi connectivity index (χ1v) is 7.03. The molecule has 2 rings (SSSR count). The van der Waals surface area contributed by atoms with Crippen LogP contribution in [0.4, 0.5) is 5.69 Å². The summed E-state index contributed by atoms with van der Waals surface area (Å²) in [6.45, 7) is 4.03. The minimum Gasteiger partial charge on any atom is -0.338 e. The Hall–Kier alpha value is -1.47. The molecule has 1 N–H and O–H groups in total. The zero-order valence-electron chi connectivity index (χ0n) is 11.0. The van der Waals surface area contributed by atoms with E-state index in [0.29, 0.717) is 15.7 Å². The lowest BCUT2D eigenvalue weighted by molar-refractivity contribution is -0.385. The highest BCUT2D eigenvalue weighted by Gasteiger charge is 2.29. The highest BCUT2D eigenvalue weighted by Crippen LogP contribution is 2.30. The van der Waals surface area contributed by atoms with Gasteiger partial charge in [0.25, 0.3) is 11.6 Å². The van der Waals surface area contributed by atoms with Crippen LogP contribution in [0.25, 0.3) is 0 Å². The van der Waals surface area contributed by atoms with Crippen LogP contribution in [0, 0.1) is 23.0 Å². The van der Waals surface area contributed by atoms with Crippen LogP contribution in [0.5, 0.6) is 0 Å². The normalized spacial score (nSPS) is 18.8. The number of thiophene rings is 1. The van der Waals surface area contributed by atoms with Gasteiger partial charge in [0.2, 0.25) is 0 Å². The van der Waals surface area contributed by atoms with Crippen molar-refractivity contribution in [2.75, 3.05) is 26.7 Å². The molecule has 0 saturated carbocycles. The zero-order chi connectivity index (χ0) is 14.0. The molecule has 104 valence electrons. The summed E-state index contributed by atoms with van der Waals surface area (Å²) in [5, 5.41) is 13.9. The van der Waals surface area contributed by atoms with Gasteiger partial charge in [-0.1, -0.05) is 0 Å². The molecule has 1 aromatic rings. The summed E-state index contributed by atoms with van der Waals surface area (Å²) in [7, 11) is 1.90. The Bertz CT molecular complexity index is 500. The van der Waals surface area contributed by atoms with E-state index < -0.39 is 4.92 Å². The lowest BCUT2D eigenvalue weighted by atomic mass is 10.1. The number of nitrogens with zero attached hydrogens (tertiary/aromatic N) is 2. The van der Waals surface area contributed by atoms with Crippen LogP contribution in [0.2, 0.25) is 0 Å². The average molecular weight is 283 g/mol. The van der Waals surface area contributed by atoms with Crippen LogP contribution in [0.3, 0.4) is 0 Å². The second-order valence-corrected chi connectivity index (χ2v) is 6.03. The van der Waals surface area contributed by atoms with Gasteiger partial charge in [-0.2, -0.15) is 0 Å². The molecule has 1 fully saturated rings. The molecule has 0 spiro atoms. The van der Waals surface area contributed by atoms with E-state index in [2.05, 4.69) is 5.32 Å². The van der Waals surface area contributed by atoms with E-state index in [1.165, 1.54) is 17.4 Å². The average Bonchev–Trinajstić information content (AvgIpc) is 2.95. The predicted molar refractivity (Wildman–Crippen MR) is 73.6 cm³/mol. The van der Waals surface area contributed by atoms with Gasteiger partial charge in [-0.25, -0.2) is 0 Å². The van der Waals surface area contributed by atoms with Gasteiger partial charge in [0.1, 0.15) is 0 Å². The molecule has 1 aliphatic heterocycles. The van der Waals surface area contributed by atoms with Gasteiger partial charge in [0.15, 0.2) is 0 Å². The molecular formula is C12H17N3O3S. The maximum Gasteiger partial charge on any atom is 0.283 e. The molecule has 2 heterocycles. The topological polar surface area (TPSA) is 75.5 Å². The van der Waals surface area contributed by atoms with E-state index in [-0.39, 0.29) is 11.6 Å². The van der Waals surface area contributed by atoms with Gasteiger partial charge in [-0.3, -0.25) is 14.9 Å². The summed E-state index contributed by atoms with van der Waals surface area (Å²) in [5.41, 5.74) is 0.0410. The van der Waals surface area contributed by atoms with Crippen molar-refractivity contribution in [1.29, 1.82) is 0 Å². The number of amides is 1. The first-order valence-electron chi connectivity index (χ1n) is 6.21. The summed E-state index contributed by atoms with van der Waals surface area (Å²) < 4.78 is 0. The van der Waals surface area contributed by atoms with Crippen LogP contribution in [-0.4, -0.2) is 42.4 Å². The minimum absolute atomic E-state index is 0.0410. The molecule has 0 aliphatic carbocycles. The summed E-state index contributed by atoms with van der Waals surface area (Å²) >= 11 is 1.20. The number of carbonyl (C=O) groups excluding carboxylic acids is 1. The number of hydrogen-bond acceptors (Lipinski definition) is 5. The van der Waals surface area contributed by atoms with Crippen LogP contribution < -0.4 is 5.32 Å². The van der Waals surface area contributed by atoms with Crippen molar-refractivity contribution in [2.24, 2.45) is 5.92 Å². The highest BCUT2D eigenvalue weighted by molar-refractivity contribution is 7.14. The Morgan fingerprint density at radius 1 is 1.68 bits per heavy atom. The Morgan fingerprint density at radius 3 is 3.00 bits per heavy atom. The molecular weight excluding hydrogens is 266 g/mol. The van der Waals surface area contributed by atoms with Crippen LogP contribution in [-0.2, 0) is 0 Å². The number of aryl methyl sites for hydroxylation is 1. The zero-order valence-corrected chi connectivity index (χ0v) is 11.8. The van der Waals surface area contributed by atoms with Gasteiger partial charge in [-0.15, -0.1) is 11.3 Å². The SMILES string of the molecule is CNCC1CCN(C(=O)c2cc([N+](=O)[O-])c(C)s2)C1. The van der Waals surface area contributed by atoms with E-state index >= 15 is 0 Å². The largest absolute Gasteiger partial charge is 0.338 e. The number of nitrogens with one attached hydrogen (secondary N) is 1. The van der Waals surface area contributed by atoms with Gasteiger partial charge in [0.05, 0.1) is 14.7 Å². The van der Waals surface area contributed by atoms with Crippen molar-refractivity contribution in [1.82, 2.24) is 10.2 Å². The molecule has 1 aromatic heterocycles. The molecule has 19 heavy (non-hydrogen) atoms. The molecule has 1 saturated heterocycles. The van der Waals surface area contributed by atoms with Crippen LogP contribution >= 0.6 is 11.3 Å². The third kappa shape index (κ3) is 2.93. The van der Waals surface area contributed by atoms with Crippen molar-refractivity contribution >= 4 is 22.9 Å². The predicted octanol–water partition coefficient (Wildman–Crippen LogP) is 1.65. The second kappa shape index (κ2) is 5.66. The summed E-state index contributed by atoms with van der Waals surface area (Å²) in [6, 6.07) is 1.40. The first-order chi connectivity index (χ1) is 9.02. The lowest BCUT2D eigenvalue weighted by Crippen LogP contribution is -2.29. The Balaban J connectivity index is 2.08. The molecule has 1 atom stereocenters. The third-order valence-corrected chi connectivity index (χ3v) is 4.39. The van der Waals surface area contributed by atoms with Crippen molar-refractivity contribution in [2.45, 2.75) is 13.3 Å². The number of nitro groups is 1. The highest BCUT2D eigenvalue weighted by atomic mass is 32.1. The summed E-state index contributed by atoms with van der Waals surface area (Å²) in [5.74, 6) is 0.393. The summed E-state index contributed by atoms with van der Waals surface area (Å²) in [4.78, 5) is 25.5. The minimum atomic E-state index is -0.434. The van der Waals surface area contributed by atoms with Crippen molar-refractivity contribution in [3.63, 3.8) is 0 Å². The Kier molecular flexibility index (Phi) is 4.16. The van der Waals surface area contributed by atoms with Gasteiger partial charge < -0.3 is 10.2 Å². The number of rotatable bonds is 4. The van der Waals surface area contributed by atoms with Crippen molar-refractivity contribution in [3.05, 3.63) is 25.9 Å².